The van der Waals surface area contributed by atoms with Gasteiger partial charge < -0.3 is 29.9 Å². The molecule has 2 saturated heterocycles. The molecular weight excluding hydrogens is 448 g/mol. The summed E-state index contributed by atoms with van der Waals surface area (Å²) < 4.78 is 5.15. The average molecular weight is 485 g/mol. The minimum Gasteiger partial charge on any atom is -0.508 e. The van der Waals surface area contributed by atoms with Crippen molar-refractivity contribution in [3.63, 3.8) is 0 Å². The second-order valence-corrected chi connectivity index (χ2v) is 8.27. The highest BCUT2D eigenvalue weighted by atomic mass is 16.5. The fraction of sp³-hybridized carbons (Fsp3) is 0.440. The monoisotopic (exact) mass is 484 g/mol. The number of nitrogens with one attached hydrogen (secondary N) is 1. The van der Waals surface area contributed by atoms with Crippen LogP contribution in [0, 0.1) is 0 Å². The minimum absolute atomic E-state index is 0.138. The number of hydrogen-bond donors (Lipinski definition) is 2. The van der Waals surface area contributed by atoms with Crippen LogP contribution in [0.25, 0.3) is 0 Å². The highest BCUT2D eigenvalue weighted by Gasteiger charge is 2.19. The van der Waals surface area contributed by atoms with E-state index in [2.05, 4.69) is 50.7 Å². The summed E-state index contributed by atoms with van der Waals surface area (Å²) in [5.74, 6) is 0.455. The molecule has 1 aromatic heterocycles. The fourth-order valence-electron chi connectivity index (χ4n) is 3.43. The number of piperazine rings is 1. The quantitative estimate of drug-likeness (QED) is 0.375. The number of allylic oxidation sites excluding steroid dienone is 1. The van der Waals surface area contributed by atoms with Crippen molar-refractivity contribution in [1.82, 2.24) is 19.8 Å². The molecule has 0 radical (unpaired) electrons. The van der Waals surface area contributed by atoms with E-state index in [0.717, 1.165) is 26.2 Å². The van der Waals surface area contributed by atoms with Crippen LogP contribution in [-0.2, 0) is 4.79 Å². The number of ether oxygens (including phenoxy) is 1. The lowest BCUT2D eigenvalue weighted by Gasteiger charge is -2.33. The van der Waals surface area contributed by atoms with Crippen molar-refractivity contribution >= 4 is 23.7 Å². The summed E-state index contributed by atoms with van der Waals surface area (Å²) in [6, 6.07) is 8.08. The number of phenolic OH excluding ortho intramolecular Hbond substituents is 1. The number of benzene rings is 1. The summed E-state index contributed by atoms with van der Waals surface area (Å²) in [4.78, 5) is 36.8. The Morgan fingerprint density at radius 2 is 1.60 bits per heavy atom. The van der Waals surface area contributed by atoms with E-state index in [4.69, 9.17) is 9.53 Å². The molecule has 4 rings (SSSR count). The van der Waals surface area contributed by atoms with Gasteiger partial charge in [0.15, 0.2) is 0 Å². The normalized spacial score (nSPS) is 15.7. The molecule has 35 heavy (non-hydrogen) atoms. The first-order chi connectivity index (χ1) is 16.9. The Morgan fingerprint density at radius 3 is 2.09 bits per heavy atom. The number of nitrogens with zero attached hydrogens (tertiary/aromatic N) is 5. The third-order valence-electron chi connectivity index (χ3n) is 5.49. The van der Waals surface area contributed by atoms with E-state index in [1.54, 1.807) is 18.2 Å². The number of rotatable bonds is 5. The third kappa shape index (κ3) is 9.71. The van der Waals surface area contributed by atoms with Crippen molar-refractivity contribution in [1.29, 1.82) is 0 Å². The molecule has 10 heteroatoms. The molecule has 0 spiro atoms. The Hall–Kier alpha value is -3.50. The lowest BCUT2D eigenvalue weighted by molar-refractivity contribution is -0.104. The highest BCUT2D eigenvalue weighted by molar-refractivity contribution is 6.03. The maximum atomic E-state index is 12.5. The first-order valence-corrected chi connectivity index (χ1v) is 11.6. The second kappa shape index (κ2) is 14.7. The Labute approximate surface area is 207 Å². The summed E-state index contributed by atoms with van der Waals surface area (Å²) in [7, 11) is 5.73. The number of aldehydes is 1. The number of aromatic hydroxyl groups is 1. The van der Waals surface area contributed by atoms with Gasteiger partial charge in [0.2, 0.25) is 0 Å². The van der Waals surface area contributed by atoms with Gasteiger partial charge in [-0.3, -0.25) is 9.59 Å². The first kappa shape index (κ1) is 27.7. The van der Waals surface area contributed by atoms with Crippen LogP contribution in [0.5, 0.6) is 11.8 Å². The van der Waals surface area contributed by atoms with Crippen molar-refractivity contribution in [2.24, 2.45) is 0 Å². The van der Waals surface area contributed by atoms with Gasteiger partial charge in [0.05, 0.1) is 7.11 Å². The molecule has 0 aliphatic carbocycles. The molecule has 2 N–H and O–H groups in total. The number of likely N-dealkylation sites (N-methyl/N-ethyl adjacent to an activating group) is 1. The number of carbonyl (C=O) groups excluding carboxylic acids is 2. The standard InChI is InChI=1S/C17H21N5O3.C5H11N.C3H4O/c1-21-7-9-22(10-8-21)15-11-14(19-17(20-15)25-2)16(24)18-12-3-5-13(23)6-4-12;1-6-4-2-3-5-6;1-2-3-4/h3-6,11,23H,7-10H2,1-2H3,(H,18,24);2-5H2,1H3;2-3H,1H2. The molecule has 2 aliphatic rings. The van der Waals surface area contributed by atoms with Crippen LogP contribution >= 0.6 is 0 Å². The summed E-state index contributed by atoms with van der Waals surface area (Å²) >= 11 is 0. The topological polar surface area (TPSA) is 111 Å². The Bertz CT molecular complexity index is 933. The zero-order chi connectivity index (χ0) is 25.6. The summed E-state index contributed by atoms with van der Waals surface area (Å²) in [6.45, 7) is 9.27. The van der Waals surface area contributed by atoms with E-state index in [9.17, 15) is 9.90 Å². The zero-order valence-electron chi connectivity index (χ0n) is 20.8. The van der Waals surface area contributed by atoms with Gasteiger partial charge in [-0.15, -0.1) is 0 Å². The minimum atomic E-state index is -0.359. The number of aromatic nitrogens is 2. The van der Waals surface area contributed by atoms with Crippen molar-refractivity contribution in [3.05, 3.63) is 48.7 Å². The maximum Gasteiger partial charge on any atom is 0.318 e. The molecule has 10 nitrogen and oxygen atoms in total. The van der Waals surface area contributed by atoms with Gasteiger partial charge in [-0.25, -0.2) is 0 Å². The van der Waals surface area contributed by atoms with Crippen LogP contribution < -0.4 is 15.0 Å². The van der Waals surface area contributed by atoms with E-state index in [1.165, 1.54) is 51.2 Å². The molecule has 2 aromatic rings. The fourth-order valence-corrected chi connectivity index (χ4v) is 3.43. The summed E-state index contributed by atoms with van der Waals surface area (Å²) in [6.07, 6.45) is 4.66. The molecule has 2 fully saturated rings. The lowest BCUT2D eigenvalue weighted by Crippen LogP contribution is -2.45. The number of phenols is 1. The Balaban J connectivity index is 0.000000360. The summed E-state index contributed by atoms with van der Waals surface area (Å²) in [5, 5.41) is 12.1. The zero-order valence-corrected chi connectivity index (χ0v) is 20.8. The first-order valence-electron chi connectivity index (χ1n) is 11.6. The lowest BCUT2D eigenvalue weighted by atomic mass is 10.2. The molecule has 0 saturated carbocycles. The van der Waals surface area contributed by atoms with Crippen LogP contribution in [0.15, 0.2) is 43.0 Å². The van der Waals surface area contributed by atoms with Crippen LogP contribution in [0.3, 0.4) is 0 Å². The van der Waals surface area contributed by atoms with Crippen molar-refractivity contribution in [2.45, 2.75) is 12.8 Å². The molecule has 0 unspecified atom stereocenters. The predicted octanol–water partition coefficient (Wildman–Crippen LogP) is 2.28. The van der Waals surface area contributed by atoms with E-state index >= 15 is 0 Å². The molecule has 3 heterocycles. The second-order valence-electron chi connectivity index (χ2n) is 8.27. The van der Waals surface area contributed by atoms with Gasteiger partial charge >= 0.3 is 6.01 Å². The van der Waals surface area contributed by atoms with Crippen molar-refractivity contribution < 1.29 is 19.4 Å². The molecule has 1 amide bonds. The highest BCUT2D eigenvalue weighted by Crippen LogP contribution is 2.20. The maximum absolute atomic E-state index is 12.5. The number of hydrogen-bond acceptors (Lipinski definition) is 9. The van der Waals surface area contributed by atoms with Gasteiger partial charge in [0.1, 0.15) is 23.5 Å². The predicted molar refractivity (Wildman–Crippen MR) is 137 cm³/mol. The summed E-state index contributed by atoms with van der Waals surface area (Å²) in [5.41, 5.74) is 0.801. The third-order valence-corrected chi connectivity index (χ3v) is 5.49. The van der Waals surface area contributed by atoms with Crippen LogP contribution in [0.2, 0.25) is 0 Å². The Kier molecular flexibility index (Phi) is 11.6. The number of likely N-dealkylation sites (tertiary alicyclic amines) is 1. The van der Waals surface area contributed by atoms with Crippen molar-refractivity contribution in [3.8, 4) is 11.8 Å². The number of amides is 1. The number of anilines is 2. The van der Waals surface area contributed by atoms with Crippen LogP contribution in [0.4, 0.5) is 11.5 Å². The van der Waals surface area contributed by atoms with Gasteiger partial charge in [0, 0.05) is 37.9 Å². The molecule has 2 aliphatic heterocycles. The number of methoxy groups -OCH3 is 1. The molecule has 1 aromatic carbocycles. The van der Waals surface area contributed by atoms with E-state index in [0.29, 0.717) is 17.8 Å². The average Bonchev–Trinajstić information content (AvgIpc) is 3.37. The van der Waals surface area contributed by atoms with E-state index < -0.39 is 0 Å². The number of carbonyl (C=O) groups is 2. The molecule has 190 valence electrons. The van der Waals surface area contributed by atoms with Gasteiger partial charge in [-0.2, -0.15) is 9.97 Å². The van der Waals surface area contributed by atoms with Gasteiger partial charge in [0.25, 0.3) is 5.91 Å². The Morgan fingerprint density at radius 1 is 1.03 bits per heavy atom. The van der Waals surface area contributed by atoms with Gasteiger partial charge in [-0.05, 0) is 70.4 Å². The SMILES string of the molecule is C=CC=O.CN1CCCC1.COc1nc(C(=O)Nc2ccc(O)cc2)cc(N2CCN(C)CC2)n1. The van der Waals surface area contributed by atoms with Crippen LogP contribution in [0.1, 0.15) is 23.3 Å². The smallest absolute Gasteiger partial charge is 0.318 e. The van der Waals surface area contributed by atoms with E-state index in [-0.39, 0.29) is 23.4 Å². The molecule has 0 atom stereocenters. The van der Waals surface area contributed by atoms with E-state index in [1.807, 2.05) is 0 Å². The molecular formula is C25H36N6O4. The van der Waals surface area contributed by atoms with Crippen LogP contribution in [-0.4, -0.2) is 97.5 Å². The largest absolute Gasteiger partial charge is 0.508 e. The molecule has 0 bridgehead atoms. The van der Waals surface area contributed by atoms with Gasteiger partial charge in [-0.1, -0.05) is 6.58 Å². The van der Waals surface area contributed by atoms with Crippen molar-refractivity contribution in [2.75, 3.05) is 70.7 Å².